The van der Waals surface area contributed by atoms with Crippen molar-refractivity contribution in [1.82, 2.24) is 14.9 Å². The SMILES string of the molecule is CNC(c1ccc2c(c1)nc(C)n2C)C(C)CN. The number of hydrogen-bond acceptors (Lipinski definition) is 3. The first-order chi connectivity index (χ1) is 8.58. The average molecular weight is 246 g/mol. The Labute approximate surface area is 108 Å². The molecule has 4 nitrogen and oxygen atoms in total. The number of aromatic nitrogens is 2. The summed E-state index contributed by atoms with van der Waals surface area (Å²) >= 11 is 0. The molecule has 1 heterocycles. The second kappa shape index (κ2) is 5.08. The largest absolute Gasteiger partial charge is 0.331 e. The molecule has 18 heavy (non-hydrogen) atoms. The van der Waals surface area contributed by atoms with Crippen LogP contribution in [-0.2, 0) is 7.05 Å². The molecule has 1 aromatic heterocycles. The van der Waals surface area contributed by atoms with Crippen LogP contribution in [0.1, 0.15) is 24.4 Å². The molecule has 0 spiro atoms. The van der Waals surface area contributed by atoms with Gasteiger partial charge >= 0.3 is 0 Å². The van der Waals surface area contributed by atoms with Gasteiger partial charge in [0.05, 0.1) is 11.0 Å². The Morgan fingerprint density at radius 3 is 2.78 bits per heavy atom. The number of hydrogen-bond donors (Lipinski definition) is 2. The first-order valence-electron chi connectivity index (χ1n) is 6.38. The first-order valence-corrected chi connectivity index (χ1v) is 6.38. The van der Waals surface area contributed by atoms with Crippen molar-refractivity contribution in [2.75, 3.05) is 13.6 Å². The summed E-state index contributed by atoms with van der Waals surface area (Å²) in [5.74, 6) is 1.44. The highest BCUT2D eigenvalue weighted by atomic mass is 15.0. The van der Waals surface area contributed by atoms with Crippen molar-refractivity contribution in [2.45, 2.75) is 19.9 Å². The number of aryl methyl sites for hydroxylation is 2. The predicted molar refractivity (Wildman–Crippen MR) is 75.5 cm³/mol. The van der Waals surface area contributed by atoms with Crippen LogP contribution in [0.25, 0.3) is 11.0 Å². The summed E-state index contributed by atoms with van der Waals surface area (Å²) in [6.07, 6.45) is 0. The van der Waals surface area contributed by atoms with Gasteiger partial charge in [-0.15, -0.1) is 0 Å². The van der Waals surface area contributed by atoms with Crippen LogP contribution in [0, 0.1) is 12.8 Å². The Hall–Kier alpha value is -1.39. The average Bonchev–Trinajstić information content (AvgIpc) is 2.65. The lowest BCUT2D eigenvalue weighted by Gasteiger charge is -2.22. The van der Waals surface area contributed by atoms with E-state index >= 15 is 0 Å². The van der Waals surface area contributed by atoms with Crippen LogP contribution >= 0.6 is 0 Å². The van der Waals surface area contributed by atoms with E-state index in [0.29, 0.717) is 12.5 Å². The third-order valence-corrected chi connectivity index (χ3v) is 3.74. The lowest BCUT2D eigenvalue weighted by Crippen LogP contribution is -2.28. The van der Waals surface area contributed by atoms with Crippen molar-refractivity contribution in [3.63, 3.8) is 0 Å². The van der Waals surface area contributed by atoms with Crippen LogP contribution in [-0.4, -0.2) is 23.1 Å². The first kappa shape index (κ1) is 13.1. The van der Waals surface area contributed by atoms with E-state index in [1.165, 1.54) is 11.1 Å². The van der Waals surface area contributed by atoms with Gasteiger partial charge in [0.1, 0.15) is 5.82 Å². The topological polar surface area (TPSA) is 55.9 Å². The second-order valence-electron chi connectivity index (χ2n) is 4.95. The number of nitrogens with one attached hydrogen (secondary N) is 1. The van der Waals surface area contributed by atoms with Crippen LogP contribution in [0.4, 0.5) is 0 Å². The third-order valence-electron chi connectivity index (χ3n) is 3.74. The predicted octanol–water partition coefficient (Wildman–Crippen LogP) is 1.74. The molecule has 0 saturated carbocycles. The number of imidazole rings is 1. The quantitative estimate of drug-likeness (QED) is 0.864. The van der Waals surface area contributed by atoms with Crippen molar-refractivity contribution in [3.8, 4) is 0 Å². The fourth-order valence-corrected chi connectivity index (χ4v) is 2.45. The van der Waals surface area contributed by atoms with Gasteiger partial charge in [-0.3, -0.25) is 0 Å². The maximum atomic E-state index is 5.77. The molecular formula is C14H22N4. The summed E-state index contributed by atoms with van der Waals surface area (Å²) in [7, 11) is 4.02. The van der Waals surface area contributed by atoms with Crippen molar-refractivity contribution in [1.29, 1.82) is 0 Å². The smallest absolute Gasteiger partial charge is 0.106 e. The van der Waals surface area contributed by atoms with Crippen LogP contribution in [0.15, 0.2) is 18.2 Å². The zero-order valence-electron chi connectivity index (χ0n) is 11.6. The molecule has 0 aliphatic heterocycles. The molecule has 0 fully saturated rings. The maximum absolute atomic E-state index is 5.77. The van der Waals surface area contributed by atoms with E-state index in [2.05, 4.69) is 40.0 Å². The maximum Gasteiger partial charge on any atom is 0.106 e. The van der Waals surface area contributed by atoms with E-state index in [-0.39, 0.29) is 6.04 Å². The molecular weight excluding hydrogens is 224 g/mol. The minimum absolute atomic E-state index is 0.279. The van der Waals surface area contributed by atoms with E-state index < -0.39 is 0 Å². The molecule has 0 aliphatic carbocycles. The van der Waals surface area contributed by atoms with E-state index in [1.807, 2.05) is 21.0 Å². The highest BCUT2D eigenvalue weighted by Gasteiger charge is 2.17. The minimum Gasteiger partial charge on any atom is -0.331 e. The lowest BCUT2D eigenvalue weighted by molar-refractivity contribution is 0.420. The van der Waals surface area contributed by atoms with E-state index in [4.69, 9.17) is 5.73 Å². The summed E-state index contributed by atoms with van der Waals surface area (Å²) in [4.78, 5) is 4.58. The Morgan fingerprint density at radius 2 is 2.17 bits per heavy atom. The Balaban J connectivity index is 2.46. The van der Waals surface area contributed by atoms with Crippen LogP contribution < -0.4 is 11.1 Å². The van der Waals surface area contributed by atoms with Crippen molar-refractivity contribution in [2.24, 2.45) is 18.7 Å². The standard InChI is InChI=1S/C14H22N4/c1-9(8-15)14(16-3)11-5-6-13-12(7-11)17-10(2)18(13)4/h5-7,9,14,16H,8,15H2,1-4H3. The Morgan fingerprint density at radius 1 is 1.44 bits per heavy atom. The van der Waals surface area contributed by atoms with Gasteiger partial charge in [-0.25, -0.2) is 4.98 Å². The number of nitrogens with zero attached hydrogens (tertiary/aromatic N) is 2. The number of nitrogens with two attached hydrogens (primary N) is 1. The molecule has 2 aromatic rings. The molecule has 0 radical (unpaired) electrons. The Kier molecular flexibility index (Phi) is 3.68. The molecule has 98 valence electrons. The van der Waals surface area contributed by atoms with Gasteiger partial charge in [0.2, 0.25) is 0 Å². The van der Waals surface area contributed by atoms with Crippen LogP contribution in [0.3, 0.4) is 0 Å². The van der Waals surface area contributed by atoms with Crippen LogP contribution in [0.2, 0.25) is 0 Å². The lowest BCUT2D eigenvalue weighted by atomic mass is 9.94. The molecule has 2 atom stereocenters. The zero-order chi connectivity index (χ0) is 13.3. The van der Waals surface area contributed by atoms with Crippen molar-refractivity contribution >= 4 is 11.0 Å². The molecule has 2 rings (SSSR count). The van der Waals surface area contributed by atoms with Gasteiger partial charge in [-0.1, -0.05) is 13.0 Å². The van der Waals surface area contributed by atoms with Gasteiger partial charge in [0, 0.05) is 13.1 Å². The molecule has 3 N–H and O–H groups in total. The monoisotopic (exact) mass is 246 g/mol. The number of benzene rings is 1. The highest BCUT2D eigenvalue weighted by molar-refractivity contribution is 5.77. The van der Waals surface area contributed by atoms with Gasteiger partial charge < -0.3 is 15.6 Å². The second-order valence-corrected chi connectivity index (χ2v) is 4.95. The molecule has 0 amide bonds. The molecule has 0 saturated heterocycles. The molecule has 1 aromatic carbocycles. The van der Waals surface area contributed by atoms with Gasteiger partial charge in [-0.2, -0.15) is 0 Å². The summed E-state index contributed by atoms with van der Waals surface area (Å²) in [6.45, 7) is 4.86. The van der Waals surface area contributed by atoms with E-state index in [9.17, 15) is 0 Å². The Bertz CT molecular complexity index is 544. The molecule has 2 unspecified atom stereocenters. The van der Waals surface area contributed by atoms with E-state index in [0.717, 1.165) is 11.3 Å². The summed E-state index contributed by atoms with van der Waals surface area (Å²) in [6, 6.07) is 6.74. The molecule has 4 heteroatoms. The molecule has 0 aliphatic rings. The fraction of sp³-hybridized carbons (Fsp3) is 0.500. The van der Waals surface area contributed by atoms with E-state index in [1.54, 1.807) is 0 Å². The van der Waals surface area contributed by atoms with Crippen molar-refractivity contribution < 1.29 is 0 Å². The van der Waals surface area contributed by atoms with Gasteiger partial charge in [-0.05, 0) is 44.1 Å². The fourth-order valence-electron chi connectivity index (χ4n) is 2.45. The zero-order valence-corrected chi connectivity index (χ0v) is 11.6. The summed E-state index contributed by atoms with van der Waals surface area (Å²) in [5.41, 5.74) is 9.24. The normalized spacial score (nSPS) is 14.9. The highest BCUT2D eigenvalue weighted by Crippen LogP contribution is 2.24. The number of fused-ring (bicyclic) bond motifs is 1. The van der Waals surface area contributed by atoms with Crippen molar-refractivity contribution in [3.05, 3.63) is 29.6 Å². The summed E-state index contributed by atoms with van der Waals surface area (Å²) < 4.78 is 2.11. The minimum atomic E-state index is 0.279. The number of rotatable bonds is 4. The third kappa shape index (κ3) is 2.13. The van der Waals surface area contributed by atoms with Gasteiger partial charge in [0.15, 0.2) is 0 Å². The molecule has 0 bridgehead atoms. The van der Waals surface area contributed by atoms with Crippen LogP contribution in [0.5, 0.6) is 0 Å². The summed E-state index contributed by atoms with van der Waals surface area (Å²) in [5, 5.41) is 3.34. The van der Waals surface area contributed by atoms with Gasteiger partial charge in [0.25, 0.3) is 0 Å².